The molecule has 0 fully saturated rings. The lowest BCUT2D eigenvalue weighted by Crippen LogP contribution is -2.07. The number of carboxylic acid groups (broad SMARTS) is 1. The third-order valence-corrected chi connectivity index (χ3v) is 2.91. The van der Waals surface area contributed by atoms with Crippen LogP contribution in [0.4, 0.5) is 15.8 Å². The van der Waals surface area contributed by atoms with Crippen LogP contribution in [0.15, 0.2) is 36.4 Å². The summed E-state index contributed by atoms with van der Waals surface area (Å²) in [5.74, 6) is -1.85. The number of nitrogen functional groups attached to an aromatic ring is 1. The van der Waals surface area contributed by atoms with Gasteiger partial charge >= 0.3 is 5.97 Å². The van der Waals surface area contributed by atoms with Crippen molar-refractivity contribution in [1.29, 1.82) is 5.26 Å². The van der Waals surface area contributed by atoms with E-state index >= 15 is 0 Å². The van der Waals surface area contributed by atoms with Crippen molar-refractivity contribution in [2.45, 2.75) is 6.54 Å². The molecule has 0 aliphatic heterocycles. The van der Waals surface area contributed by atoms with E-state index in [1.165, 1.54) is 0 Å². The topological polar surface area (TPSA) is 99.1 Å². The summed E-state index contributed by atoms with van der Waals surface area (Å²) >= 11 is 0. The van der Waals surface area contributed by atoms with E-state index in [9.17, 15) is 9.18 Å². The predicted octanol–water partition coefficient (Wildman–Crippen LogP) is 2.59. The fourth-order valence-corrected chi connectivity index (χ4v) is 1.86. The number of benzene rings is 2. The van der Waals surface area contributed by atoms with E-state index in [0.29, 0.717) is 5.56 Å². The third-order valence-electron chi connectivity index (χ3n) is 2.91. The molecule has 0 saturated heterocycles. The Bertz CT molecular complexity index is 738. The number of carbonyl (C=O) groups is 1. The van der Waals surface area contributed by atoms with Crippen molar-refractivity contribution in [3.8, 4) is 6.07 Å². The minimum atomic E-state index is -1.22. The Balaban J connectivity index is 2.22. The molecule has 106 valence electrons. The van der Waals surface area contributed by atoms with Crippen molar-refractivity contribution >= 4 is 17.3 Å². The molecule has 0 aliphatic carbocycles. The van der Waals surface area contributed by atoms with Crippen LogP contribution in [0.3, 0.4) is 0 Å². The largest absolute Gasteiger partial charge is 0.478 e. The van der Waals surface area contributed by atoms with Gasteiger partial charge in [-0.15, -0.1) is 0 Å². The number of carboxylic acids is 1. The van der Waals surface area contributed by atoms with Crippen LogP contribution in [0, 0.1) is 17.1 Å². The highest BCUT2D eigenvalue weighted by atomic mass is 19.1. The number of rotatable bonds is 4. The summed E-state index contributed by atoms with van der Waals surface area (Å²) in [5.41, 5.74) is 6.49. The van der Waals surface area contributed by atoms with Gasteiger partial charge in [-0.05, 0) is 29.8 Å². The fourth-order valence-electron chi connectivity index (χ4n) is 1.86. The van der Waals surface area contributed by atoms with Gasteiger partial charge in [0.05, 0.1) is 22.9 Å². The second kappa shape index (κ2) is 5.92. The predicted molar refractivity (Wildman–Crippen MR) is 76.3 cm³/mol. The molecule has 5 nitrogen and oxygen atoms in total. The van der Waals surface area contributed by atoms with E-state index in [1.807, 2.05) is 6.07 Å². The summed E-state index contributed by atoms with van der Waals surface area (Å²) in [6.07, 6.45) is 0. The van der Waals surface area contributed by atoms with E-state index in [-0.39, 0.29) is 23.5 Å². The molecule has 0 unspecified atom stereocenters. The van der Waals surface area contributed by atoms with Gasteiger partial charge in [0.2, 0.25) is 0 Å². The Morgan fingerprint density at radius 1 is 1.38 bits per heavy atom. The average Bonchev–Trinajstić information content (AvgIpc) is 2.46. The van der Waals surface area contributed by atoms with Gasteiger partial charge in [-0.1, -0.05) is 12.1 Å². The SMILES string of the molecule is N#Cc1cccc(CNc2cc(C(=O)O)c(N)cc2F)c1. The molecule has 4 N–H and O–H groups in total. The van der Waals surface area contributed by atoms with E-state index in [2.05, 4.69) is 5.32 Å². The minimum Gasteiger partial charge on any atom is -0.478 e. The second-order valence-corrected chi connectivity index (χ2v) is 4.39. The molecule has 0 atom stereocenters. The Hall–Kier alpha value is -3.07. The van der Waals surface area contributed by atoms with E-state index < -0.39 is 11.8 Å². The lowest BCUT2D eigenvalue weighted by Gasteiger charge is -2.10. The lowest BCUT2D eigenvalue weighted by molar-refractivity contribution is 0.0698. The summed E-state index contributed by atoms with van der Waals surface area (Å²) in [6.45, 7) is 0.259. The van der Waals surface area contributed by atoms with Crippen molar-refractivity contribution in [2.24, 2.45) is 0 Å². The number of aromatic carboxylic acids is 1. The molecule has 2 aromatic rings. The van der Waals surface area contributed by atoms with Gasteiger partial charge in [0.1, 0.15) is 5.82 Å². The van der Waals surface area contributed by atoms with Gasteiger partial charge < -0.3 is 16.2 Å². The van der Waals surface area contributed by atoms with Gasteiger partial charge in [-0.2, -0.15) is 5.26 Å². The lowest BCUT2D eigenvalue weighted by atomic mass is 10.1. The number of nitrogens with two attached hydrogens (primary N) is 1. The Morgan fingerprint density at radius 3 is 2.81 bits per heavy atom. The van der Waals surface area contributed by atoms with Crippen LogP contribution in [-0.2, 0) is 6.54 Å². The zero-order valence-electron chi connectivity index (χ0n) is 10.9. The molecule has 0 saturated carbocycles. The smallest absolute Gasteiger partial charge is 0.337 e. The van der Waals surface area contributed by atoms with Crippen LogP contribution in [0.1, 0.15) is 21.5 Å². The van der Waals surface area contributed by atoms with E-state index in [1.54, 1.807) is 24.3 Å². The summed E-state index contributed by atoms with van der Waals surface area (Å²) in [7, 11) is 0. The maximum Gasteiger partial charge on any atom is 0.337 e. The first-order chi connectivity index (χ1) is 10.0. The van der Waals surface area contributed by atoms with Gasteiger partial charge in [-0.25, -0.2) is 9.18 Å². The Kier molecular flexibility index (Phi) is 4.05. The monoisotopic (exact) mass is 285 g/mol. The van der Waals surface area contributed by atoms with Gasteiger partial charge in [0.25, 0.3) is 0 Å². The number of nitrogens with one attached hydrogen (secondary N) is 1. The maximum atomic E-state index is 13.8. The number of halogens is 1. The second-order valence-electron chi connectivity index (χ2n) is 4.39. The van der Waals surface area contributed by atoms with Crippen molar-refractivity contribution in [1.82, 2.24) is 0 Å². The molecule has 6 heteroatoms. The van der Waals surface area contributed by atoms with Crippen LogP contribution in [0.5, 0.6) is 0 Å². The van der Waals surface area contributed by atoms with Crippen LogP contribution in [0.25, 0.3) is 0 Å². The molecule has 0 aliphatic rings. The first-order valence-electron chi connectivity index (χ1n) is 6.06. The minimum absolute atomic E-state index is 0.0453. The normalized spacial score (nSPS) is 9.90. The molecule has 0 heterocycles. The third kappa shape index (κ3) is 3.28. The molecule has 21 heavy (non-hydrogen) atoms. The number of anilines is 2. The van der Waals surface area contributed by atoms with Crippen molar-refractivity contribution in [2.75, 3.05) is 11.1 Å². The number of hydrogen-bond acceptors (Lipinski definition) is 4. The highest BCUT2D eigenvalue weighted by Gasteiger charge is 2.13. The van der Waals surface area contributed by atoms with Crippen LogP contribution in [-0.4, -0.2) is 11.1 Å². The highest BCUT2D eigenvalue weighted by Crippen LogP contribution is 2.23. The molecular weight excluding hydrogens is 273 g/mol. The average molecular weight is 285 g/mol. The van der Waals surface area contributed by atoms with Crippen molar-refractivity contribution in [3.63, 3.8) is 0 Å². The molecule has 0 bridgehead atoms. The van der Waals surface area contributed by atoms with Crippen LogP contribution < -0.4 is 11.1 Å². The van der Waals surface area contributed by atoms with Gasteiger partial charge in [-0.3, -0.25) is 0 Å². The van der Waals surface area contributed by atoms with Crippen LogP contribution >= 0.6 is 0 Å². The highest BCUT2D eigenvalue weighted by molar-refractivity contribution is 5.94. The molecule has 0 aromatic heterocycles. The maximum absolute atomic E-state index is 13.8. The molecule has 0 amide bonds. The summed E-state index contributed by atoms with van der Waals surface area (Å²) in [6, 6.07) is 11.0. The first kappa shape index (κ1) is 14.3. The van der Waals surface area contributed by atoms with Crippen molar-refractivity contribution < 1.29 is 14.3 Å². The first-order valence-corrected chi connectivity index (χ1v) is 6.06. The quantitative estimate of drug-likeness (QED) is 0.750. The molecule has 0 spiro atoms. The fraction of sp³-hybridized carbons (Fsp3) is 0.0667. The summed E-state index contributed by atoms with van der Waals surface area (Å²) in [5, 5.41) is 20.6. The van der Waals surface area contributed by atoms with Crippen LogP contribution in [0.2, 0.25) is 0 Å². The molecule has 0 radical (unpaired) electrons. The zero-order valence-corrected chi connectivity index (χ0v) is 10.9. The Labute approximate surface area is 120 Å². The Morgan fingerprint density at radius 2 is 2.14 bits per heavy atom. The van der Waals surface area contributed by atoms with Crippen molar-refractivity contribution in [3.05, 3.63) is 58.9 Å². The van der Waals surface area contributed by atoms with E-state index in [4.69, 9.17) is 16.1 Å². The van der Waals surface area contributed by atoms with Gasteiger partial charge in [0, 0.05) is 12.2 Å². The van der Waals surface area contributed by atoms with Gasteiger partial charge in [0.15, 0.2) is 0 Å². The molecule has 2 rings (SSSR count). The molecule has 2 aromatic carbocycles. The zero-order chi connectivity index (χ0) is 15.4. The number of nitriles is 1. The summed E-state index contributed by atoms with van der Waals surface area (Å²) < 4.78 is 13.8. The summed E-state index contributed by atoms with van der Waals surface area (Å²) in [4.78, 5) is 11.0. The van der Waals surface area contributed by atoms with E-state index in [0.717, 1.165) is 17.7 Å². The number of hydrogen-bond donors (Lipinski definition) is 3. The number of nitrogens with zero attached hydrogens (tertiary/aromatic N) is 1. The standard InChI is InChI=1S/C15H12FN3O2/c16-12-6-13(18)11(15(20)21)5-14(12)19-8-10-3-1-2-9(4-10)7-17/h1-6,19H,8,18H2,(H,20,21). The molecular formula is C15H12FN3O2.